The van der Waals surface area contributed by atoms with Crippen molar-refractivity contribution in [3.8, 4) is 17.4 Å². The fourth-order valence-corrected chi connectivity index (χ4v) is 5.75. The minimum absolute atomic E-state index is 0.122. The van der Waals surface area contributed by atoms with Gasteiger partial charge in [-0.15, -0.1) is 5.10 Å². The molecular formula is C22H28N4O5S. The summed E-state index contributed by atoms with van der Waals surface area (Å²) in [5, 5.41) is 15.4. The van der Waals surface area contributed by atoms with Gasteiger partial charge >= 0.3 is 0 Å². The summed E-state index contributed by atoms with van der Waals surface area (Å²) in [6.07, 6.45) is 1.55. The topological polar surface area (TPSA) is 90.6 Å². The van der Waals surface area contributed by atoms with Crippen molar-refractivity contribution in [2.75, 3.05) is 40.0 Å². The Balaban J connectivity index is 1.54. The van der Waals surface area contributed by atoms with Crippen molar-refractivity contribution >= 4 is 16.3 Å². The van der Waals surface area contributed by atoms with E-state index < -0.39 is 5.79 Å². The molecule has 4 heterocycles. The molecule has 1 N–H and O–H groups in total. The molecule has 9 nitrogen and oxygen atoms in total. The minimum Gasteiger partial charge on any atom is -0.493 e. The van der Waals surface area contributed by atoms with Crippen molar-refractivity contribution in [1.82, 2.24) is 19.5 Å². The molecule has 172 valence electrons. The Hall–Kier alpha value is -2.40. The van der Waals surface area contributed by atoms with E-state index in [1.165, 1.54) is 15.9 Å². The molecule has 1 aromatic carbocycles. The molecule has 5 rings (SSSR count). The number of aromatic hydroxyl groups is 1. The SMILES string of the molecule is CCOc1ccc(C(c2sc3nc(C)nn3c2O)N2CCC3(CC2)OCCO3)cc1OC. The summed E-state index contributed by atoms with van der Waals surface area (Å²) in [6, 6.07) is 5.76. The number of piperidine rings is 1. The first kappa shape index (κ1) is 21.4. The van der Waals surface area contributed by atoms with Gasteiger partial charge < -0.3 is 24.1 Å². The van der Waals surface area contributed by atoms with Gasteiger partial charge in [-0.05, 0) is 31.5 Å². The second-order valence-corrected chi connectivity index (χ2v) is 9.04. The maximum atomic E-state index is 11.1. The van der Waals surface area contributed by atoms with E-state index in [-0.39, 0.29) is 11.9 Å². The van der Waals surface area contributed by atoms with Gasteiger partial charge in [0.15, 0.2) is 17.3 Å². The molecule has 1 unspecified atom stereocenters. The molecule has 2 saturated heterocycles. The van der Waals surface area contributed by atoms with Crippen LogP contribution >= 0.6 is 11.3 Å². The van der Waals surface area contributed by atoms with E-state index >= 15 is 0 Å². The van der Waals surface area contributed by atoms with E-state index in [9.17, 15) is 5.11 Å². The number of hydrogen-bond acceptors (Lipinski definition) is 9. The van der Waals surface area contributed by atoms with Crippen LogP contribution in [0.4, 0.5) is 0 Å². The van der Waals surface area contributed by atoms with Gasteiger partial charge in [0.2, 0.25) is 10.8 Å². The van der Waals surface area contributed by atoms with E-state index in [1.54, 1.807) is 7.11 Å². The number of aryl methyl sites for hydroxylation is 1. The predicted octanol–water partition coefficient (Wildman–Crippen LogP) is 3.14. The van der Waals surface area contributed by atoms with Crippen LogP contribution in [0, 0.1) is 6.92 Å². The molecule has 0 bridgehead atoms. The number of likely N-dealkylation sites (tertiary alicyclic amines) is 1. The van der Waals surface area contributed by atoms with Gasteiger partial charge in [0.05, 0.1) is 37.8 Å². The van der Waals surface area contributed by atoms with Gasteiger partial charge in [0, 0.05) is 25.9 Å². The summed E-state index contributed by atoms with van der Waals surface area (Å²) in [4.78, 5) is 8.28. The number of benzene rings is 1. The lowest BCUT2D eigenvalue weighted by Crippen LogP contribution is -2.46. The number of rotatable bonds is 6. The summed E-state index contributed by atoms with van der Waals surface area (Å²) in [6.45, 7) is 7.15. The number of fused-ring (bicyclic) bond motifs is 1. The molecule has 2 aliphatic rings. The Labute approximate surface area is 190 Å². The Morgan fingerprint density at radius 2 is 1.97 bits per heavy atom. The lowest BCUT2D eigenvalue weighted by Gasteiger charge is -2.41. The monoisotopic (exact) mass is 460 g/mol. The molecule has 2 fully saturated rings. The van der Waals surface area contributed by atoms with E-state index in [0.717, 1.165) is 36.4 Å². The summed E-state index contributed by atoms with van der Waals surface area (Å²) in [5.41, 5.74) is 1.01. The third-order valence-electron chi connectivity index (χ3n) is 6.10. The first-order chi connectivity index (χ1) is 15.5. The van der Waals surface area contributed by atoms with Crippen molar-refractivity contribution in [2.24, 2.45) is 0 Å². The maximum Gasteiger partial charge on any atom is 0.230 e. The second-order valence-electron chi connectivity index (χ2n) is 8.03. The van der Waals surface area contributed by atoms with Gasteiger partial charge in [-0.2, -0.15) is 4.52 Å². The van der Waals surface area contributed by atoms with E-state index in [1.807, 2.05) is 32.0 Å². The first-order valence-electron chi connectivity index (χ1n) is 10.9. The van der Waals surface area contributed by atoms with E-state index in [4.69, 9.17) is 18.9 Å². The fraction of sp³-hybridized carbons (Fsp3) is 0.545. The van der Waals surface area contributed by atoms with Gasteiger partial charge in [0.25, 0.3) is 0 Å². The third kappa shape index (κ3) is 3.71. The number of ether oxygens (including phenoxy) is 4. The summed E-state index contributed by atoms with van der Waals surface area (Å²) < 4.78 is 24.7. The zero-order valence-corrected chi connectivity index (χ0v) is 19.4. The van der Waals surface area contributed by atoms with Gasteiger partial charge in [-0.3, -0.25) is 4.90 Å². The van der Waals surface area contributed by atoms with Crippen LogP contribution in [0.5, 0.6) is 17.4 Å². The Morgan fingerprint density at radius 1 is 1.22 bits per heavy atom. The minimum atomic E-state index is -0.470. The number of methoxy groups -OCH3 is 1. The lowest BCUT2D eigenvalue weighted by molar-refractivity contribution is -0.187. The highest BCUT2D eigenvalue weighted by atomic mass is 32.1. The maximum absolute atomic E-state index is 11.1. The summed E-state index contributed by atoms with van der Waals surface area (Å²) >= 11 is 1.46. The normalized spacial score (nSPS) is 19.6. The van der Waals surface area contributed by atoms with Crippen LogP contribution in [-0.4, -0.2) is 70.4 Å². The van der Waals surface area contributed by atoms with Crippen LogP contribution < -0.4 is 9.47 Å². The number of thiazole rings is 1. The molecule has 2 aromatic heterocycles. The Kier molecular flexibility index (Phi) is 5.70. The summed E-state index contributed by atoms with van der Waals surface area (Å²) in [5.74, 6) is 1.65. The van der Waals surface area contributed by atoms with E-state index in [0.29, 0.717) is 42.1 Å². The molecule has 1 atom stereocenters. The highest BCUT2D eigenvalue weighted by molar-refractivity contribution is 7.17. The van der Waals surface area contributed by atoms with Gasteiger partial charge in [0.1, 0.15) is 5.82 Å². The van der Waals surface area contributed by atoms with Crippen LogP contribution in [0.2, 0.25) is 0 Å². The molecule has 0 amide bonds. The lowest BCUT2D eigenvalue weighted by atomic mass is 9.97. The molecule has 1 spiro atoms. The molecule has 10 heteroatoms. The van der Waals surface area contributed by atoms with Crippen LogP contribution in [-0.2, 0) is 9.47 Å². The molecule has 0 saturated carbocycles. The molecule has 3 aromatic rings. The largest absolute Gasteiger partial charge is 0.493 e. The highest BCUT2D eigenvalue weighted by Gasteiger charge is 2.42. The first-order valence-corrected chi connectivity index (χ1v) is 11.7. The zero-order valence-electron chi connectivity index (χ0n) is 18.5. The number of aromatic nitrogens is 3. The predicted molar refractivity (Wildman–Crippen MR) is 119 cm³/mol. The third-order valence-corrected chi connectivity index (χ3v) is 7.17. The molecule has 32 heavy (non-hydrogen) atoms. The van der Waals surface area contributed by atoms with Crippen molar-refractivity contribution in [1.29, 1.82) is 0 Å². The molecule has 2 aliphatic heterocycles. The fourth-order valence-electron chi connectivity index (χ4n) is 4.59. The molecule has 0 aliphatic carbocycles. The van der Waals surface area contributed by atoms with Crippen molar-refractivity contribution < 1.29 is 24.1 Å². The standard InChI is InChI=1S/C22H28N4O5S/c1-4-29-16-6-5-15(13-17(16)28-3)18(19-20(27)26-21(32-19)23-14(2)24-26)25-9-7-22(8-10-25)30-11-12-31-22/h5-6,13,18,27H,4,7-12H2,1-3H3. The van der Waals surface area contributed by atoms with Crippen LogP contribution in [0.25, 0.3) is 4.96 Å². The zero-order chi connectivity index (χ0) is 22.3. The van der Waals surface area contributed by atoms with E-state index in [2.05, 4.69) is 15.0 Å². The molecular weight excluding hydrogens is 432 g/mol. The highest BCUT2D eigenvalue weighted by Crippen LogP contribution is 2.44. The molecule has 0 radical (unpaired) electrons. The average Bonchev–Trinajstić information content (AvgIpc) is 3.48. The quantitative estimate of drug-likeness (QED) is 0.600. The van der Waals surface area contributed by atoms with Crippen molar-refractivity contribution in [2.45, 2.75) is 38.5 Å². The van der Waals surface area contributed by atoms with Crippen LogP contribution in [0.1, 0.15) is 42.1 Å². The smallest absolute Gasteiger partial charge is 0.230 e. The second kappa shape index (κ2) is 8.51. The van der Waals surface area contributed by atoms with Crippen LogP contribution in [0.3, 0.4) is 0 Å². The Morgan fingerprint density at radius 3 is 2.62 bits per heavy atom. The van der Waals surface area contributed by atoms with Gasteiger partial charge in [-0.1, -0.05) is 17.4 Å². The summed E-state index contributed by atoms with van der Waals surface area (Å²) in [7, 11) is 1.64. The number of hydrogen-bond donors (Lipinski definition) is 1. The van der Waals surface area contributed by atoms with Gasteiger partial charge in [-0.25, -0.2) is 4.98 Å². The average molecular weight is 461 g/mol. The Bertz CT molecular complexity index is 1100. The van der Waals surface area contributed by atoms with Crippen molar-refractivity contribution in [3.63, 3.8) is 0 Å². The van der Waals surface area contributed by atoms with Crippen LogP contribution in [0.15, 0.2) is 18.2 Å². The van der Waals surface area contributed by atoms with Crippen molar-refractivity contribution in [3.05, 3.63) is 34.5 Å². The number of nitrogens with zero attached hydrogens (tertiary/aromatic N) is 4.